The fourth-order valence-electron chi connectivity index (χ4n) is 4.03. The van der Waals surface area contributed by atoms with E-state index < -0.39 is 40.0 Å². The predicted octanol–water partition coefficient (Wildman–Crippen LogP) is 5.07. The van der Waals surface area contributed by atoms with E-state index in [1.807, 2.05) is 0 Å². The zero-order valence-electron chi connectivity index (χ0n) is 20.9. The van der Waals surface area contributed by atoms with Crippen LogP contribution >= 0.6 is 0 Å². The highest BCUT2D eigenvalue weighted by atomic mass is 32.2. The first-order valence-corrected chi connectivity index (χ1v) is 13.3. The molecule has 2 aromatic heterocycles. The third-order valence-electron chi connectivity index (χ3n) is 6.15. The van der Waals surface area contributed by atoms with Crippen molar-refractivity contribution in [2.24, 2.45) is 0 Å². The molecule has 1 unspecified atom stereocenters. The summed E-state index contributed by atoms with van der Waals surface area (Å²) in [5, 5.41) is 6.21. The third kappa shape index (κ3) is 5.77. The zero-order valence-corrected chi connectivity index (χ0v) is 21.7. The summed E-state index contributed by atoms with van der Waals surface area (Å²) in [7, 11) is -3.70. The number of alkyl halides is 2. The first-order valence-electron chi connectivity index (χ1n) is 11.5. The average molecular weight is 562 g/mol. The Labute approximate surface area is 221 Å². The second kappa shape index (κ2) is 10.5. The van der Waals surface area contributed by atoms with E-state index in [2.05, 4.69) is 15.4 Å². The number of nitrogens with zero attached hydrogens (tertiary/aromatic N) is 3. The second-order valence-electron chi connectivity index (χ2n) is 8.90. The van der Waals surface area contributed by atoms with Crippen LogP contribution in [-0.2, 0) is 9.84 Å². The van der Waals surface area contributed by atoms with E-state index in [-0.39, 0.29) is 33.1 Å². The molecule has 0 bridgehead atoms. The lowest BCUT2D eigenvalue weighted by Crippen LogP contribution is -2.27. The van der Waals surface area contributed by atoms with Crippen molar-refractivity contribution in [3.8, 4) is 22.3 Å². The third-order valence-corrected chi connectivity index (χ3v) is 7.25. The molecule has 0 saturated heterocycles. The standard InChI is InChI=1S/C26H23F4N5O3S/c1-13(16-6-18(27)10-19(7-16)39(3,37)38)34-25(36)20-5-4-15(9-23(20)28)21-8-17(11-32-24(21)31)22-12-33-35(14(22)2)26(29)30/h4-13,26H,1-3H3,(H2,31,32)(H,34,36). The number of nitrogens with one attached hydrogen (secondary N) is 1. The van der Waals surface area contributed by atoms with E-state index in [4.69, 9.17) is 5.73 Å². The minimum atomic E-state index is -3.70. The molecule has 4 aromatic rings. The molecule has 0 aliphatic rings. The number of hydrogen-bond donors (Lipinski definition) is 2. The molecule has 2 heterocycles. The number of amides is 1. The van der Waals surface area contributed by atoms with Crippen LogP contribution in [0.1, 0.15) is 41.1 Å². The van der Waals surface area contributed by atoms with Gasteiger partial charge in [-0.1, -0.05) is 6.07 Å². The fourth-order valence-corrected chi connectivity index (χ4v) is 4.71. The number of carbonyl (C=O) groups is 1. The number of pyridine rings is 1. The molecule has 39 heavy (non-hydrogen) atoms. The summed E-state index contributed by atoms with van der Waals surface area (Å²) in [6, 6.07) is 7.64. The van der Waals surface area contributed by atoms with Crippen LogP contribution in [0.2, 0.25) is 0 Å². The molecule has 2 aromatic carbocycles. The Morgan fingerprint density at radius 1 is 1.03 bits per heavy atom. The van der Waals surface area contributed by atoms with E-state index in [1.54, 1.807) is 6.07 Å². The molecule has 8 nitrogen and oxygen atoms in total. The Hall–Kier alpha value is -4.26. The van der Waals surface area contributed by atoms with Gasteiger partial charge >= 0.3 is 6.55 Å². The minimum Gasteiger partial charge on any atom is -0.383 e. The summed E-state index contributed by atoms with van der Waals surface area (Å²) < 4.78 is 79.5. The summed E-state index contributed by atoms with van der Waals surface area (Å²) in [5.41, 5.74) is 7.49. The quantitative estimate of drug-likeness (QED) is 0.304. The van der Waals surface area contributed by atoms with Gasteiger partial charge in [0.05, 0.1) is 22.7 Å². The molecule has 4 rings (SSSR count). The van der Waals surface area contributed by atoms with Gasteiger partial charge < -0.3 is 11.1 Å². The van der Waals surface area contributed by atoms with Crippen molar-refractivity contribution in [3.63, 3.8) is 0 Å². The lowest BCUT2D eigenvalue weighted by atomic mass is 9.99. The monoisotopic (exact) mass is 561 g/mol. The van der Waals surface area contributed by atoms with Crippen LogP contribution in [0.3, 0.4) is 0 Å². The largest absolute Gasteiger partial charge is 0.383 e. The molecule has 3 N–H and O–H groups in total. The highest BCUT2D eigenvalue weighted by molar-refractivity contribution is 7.90. The summed E-state index contributed by atoms with van der Waals surface area (Å²) in [4.78, 5) is 16.6. The Bertz CT molecular complexity index is 1690. The summed E-state index contributed by atoms with van der Waals surface area (Å²) in [5.74, 6) is -2.45. The molecule has 13 heteroatoms. The number of carbonyl (C=O) groups excluding carboxylic acids is 1. The molecule has 0 fully saturated rings. The predicted molar refractivity (Wildman–Crippen MR) is 137 cm³/mol. The lowest BCUT2D eigenvalue weighted by Gasteiger charge is -2.16. The second-order valence-corrected chi connectivity index (χ2v) is 10.9. The number of nitrogens with two attached hydrogens (primary N) is 1. The molecule has 0 saturated carbocycles. The molecule has 0 aliphatic heterocycles. The van der Waals surface area contributed by atoms with Crippen LogP contribution in [0.5, 0.6) is 0 Å². The summed E-state index contributed by atoms with van der Waals surface area (Å²) in [6.45, 7) is 0.156. The number of anilines is 1. The topological polar surface area (TPSA) is 120 Å². The first-order chi connectivity index (χ1) is 18.3. The van der Waals surface area contributed by atoms with Crippen LogP contribution in [0.4, 0.5) is 23.4 Å². The Balaban J connectivity index is 1.60. The van der Waals surface area contributed by atoms with Crippen molar-refractivity contribution in [1.82, 2.24) is 20.1 Å². The van der Waals surface area contributed by atoms with Crippen molar-refractivity contribution in [1.29, 1.82) is 0 Å². The Kier molecular flexibility index (Phi) is 7.46. The van der Waals surface area contributed by atoms with Crippen LogP contribution in [-0.4, -0.2) is 35.3 Å². The number of hydrogen-bond acceptors (Lipinski definition) is 6. The van der Waals surface area contributed by atoms with Gasteiger partial charge in [-0.3, -0.25) is 4.79 Å². The number of aromatic nitrogens is 3. The van der Waals surface area contributed by atoms with Gasteiger partial charge in [-0.2, -0.15) is 13.9 Å². The zero-order chi connectivity index (χ0) is 28.6. The van der Waals surface area contributed by atoms with Crippen molar-refractivity contribution < 1.29 is 30.8 Å². The van der Waals surface area contributed by atoms with Crippen molar-refractivity contribution in [2.45, 2.75) is 31.3 Å². The molecule has 204 valence electrons. The highest BCUT2D eigenvalue weighted by Crippen LogP contribution is 2.33. The lowest BCUT2D eigenvalue weighted by molar-refractivity contribution is 0.0545. The van der Waals surface area contributed by atoms with E-state index in [9.17, 15) is 26.4 Å². The van der Waals surface area contributed by atoms with E-state index in [0.717, 1.165) is 24.5 Å². The molecule has 0 radical (unpaired) electrons. The first kappa shape index (κ1) is 27.8. The molecule has 0 aliphatic carbocycles. The van der Waals surface area contributed by atoms with Gasteiger partial charge in [0.1, 0.15) is 17.5 Å². The van der Waals surface area contributed by atoms with Gasteiger partial charge in [-0.05, 0) is 61.4 Å². The summed E-state index contributed by atoms with van der Waals surface area (Å²) in [6.07, 6.45) is 3.59. The number of rotatable bonds is 7. The van der Waals surface area contributed by atoms with E-state index in [1.165, 1.54) is 44.4 Å². The Morgan fingerprint density at radius 3 is 2.36 bits per heavy atom. The van der Waals surface area contributed by atoms with Crippen molar-refractivity contribution in [3.05, 3.63) is 83.3 Å². The van der Waals surface area contributed by atoms with Crippen molar-refractivity contribution >= 4 is 21.6 Å². The molecule has 0 spiro atoms. The van der Waals surface area contributed by atoms with Crippen LogP contribution in [0.15, 0.2) is 59.8 Å². The van der Waals surface area contributed by atoms with E-state index >= 15 is 4.39 Å². The molecule has 1 atom stereocenters. The van der Waals surface area contributed by atoms with E-state index in [0.29, 0.717) is 21.4 Å². The normalized spacial score (nSPS) is 12.5. The van der Waals surface area contributed by atoms with Gasteiger partial charge in [-0.25, -0.2) is 26.9 Å². The van der Waals surface area contributed by atoms with Gasteiger partial charge in [0.2, 0.25) is 0 Å². The van der Waals surface area contributed by atoms with Crippen LogP contribution in [0, 0.1) is 18.6 Å². The van der Waals surface area contributed by atoms with Gasteiger partial charge in [0.15, 0.2) is 9.84 Å². The minimum absolute atomic E-state index is 0.0515. The molecular weight excluding hydrogens is 538 g/mol. The molecule has 1 amide bonds. The van der Waals surface area contributed by atoms with Gasteiger partial charge in [-0.15, -0.1) is 0 Å². The number of nitrogen functional groups attached to an aromatic ring is 1. The highest BCUT2D eigenvalue weighted by Gasteiger charge is 2.20. The SMILES string of the molecule is Cc1c(-c2cnc(N)c(-c3ccc(C(=O)NC(C)c4cc(F)cc(S(C)(=O)=O)c4)c(F)c3)c2)cnn1C(F)F. The smallest absolute Gasteiger partial charge is 0.333 e. The fraction of sp³-hybridized carbons (Fsp3) is 0.192. The number of benzene rings is 2. The van der Waals surface area contributed by atoms with Crippen LogP contribution in [0.25, 0.3) is 22.3 Å². The van der Waals surface area contributed by atoms with Gasteiger partial charge in [0.25, 0.3) is 5.91 Å². The maximum Gasteiger partial charge on any atom is 0.333 e. The van der Waals surface area contributed by atoms with Crippen LogP contribution < -0.4 is 11.1 Å². The van der Waals surface area contributed by atoms with Gasteiger partial charge in [0, 0.05) is 34.8 Å². The number of sulfone groups is 1. The maximum atomic E-state index is 15.1. The average Bonchev–Trinajstić information content (AvgIpc) is 3.24. The van der Waals surface area contributed by atoms with Crippen molar-refractivity contribution in [2.75, 3.05) is 12.0 Å². The maximum absolute atomic E-state index is 15.1. The Morgan fingerprint density at radius 2 is 1.74 bits per heavy atom. The number of halogens is 4. The molecular formula is C26H23F4N5O3S. The summed E-state index contributed by atoms with van der Waals surface area (Å²) >= 11 is 0.